The third kappa shape index (κ3) is 5.64. The lowest BCUT2D eigenvalue weighted by atomic mass is 10.0. The van der Waals surface area contributed by atoms with E-state index in [2.05, 4.69) is 22.3 Å². The second-order valence-corrected chi connectivity index (χ2v) is 7.79. The van der Waals surface area contributed by atoms with Crippen LogP contribution < -0.4 is 5.32 Å². The van der Waals surface area contributed by atoms with Crippen molar-refractivity contribution < 1.29 is 14.0 Å². The molecule has 1 aliphatic heterocycles. The number of rotatable bonds is 6. The molecule has 2 aromatic rings. The van der Waals surface area contributed by atoms with E-state index in [-0.39, 0.29) is 17.7 Å². The molecule has 0 saturated carbocycles. The van der Waals surface area contributed by atoms with E-state index in [9.17, 15) is 14.0 Å². The van der Waals surface area contributed by atoms with Crippen LogP contribution in [0, 0.1) is 11.7 Å². The number of amides is 2. The van der Waals surface area contributed by atoms with Gasteiger partial charge in [-0.2, -0.15) is 0 Å². The fraction of sp³-hybridized carbons (Fsp3) is 0.391. The zero-order valence-corrected chi connectivity index (χ0v) is 17.0. The molecule has 1 atom stereocenters. The van der Waals surface area contributed by atoms with Gasteiger partial charge in [-0.15, -0.1) is 0 Å². The first-order chi connectivity index (χ1) is 13.9. The van der Waals surface area contributed by atoms with E-state index in [1.807, 2.05) is 36.9 Å². The molecule has 0 spiro atoms. The molecule has 1 aliphatic rings. The Morgan fingerprint density at radius 3 is 2.17 bits per heavy atom. The predicted octanol–water partition coefficient (Wildman–Crippen LogP) is 2.92. The Bertz CT molecular complexity index is 816. The van der Waals surface area contributed by atoms with Crippen molar-refractivity contribution in [2.75, 3.05) is 26.2 Å². The van der Waals surface area contributed by atoms with Crippen LogP contribution in [0.5, 0.6) is 0 Å². The Morgan fingerprint density at radius 1 is 0.966 bits per heavy atom. The van der Waals surface area contributed by atoms with Crippen LogP contribution in [-0.2, 0) is 11.3 Å². The number of piperazine rings is 1. The first-order valence-corrected chi connectivity index (χ1v) is 10.1. The average molecular weight is 397 g/mol. The van der Waals surface area contributed by atoms with E-state index in [4.69, 9.17) is 0 Å². The number of hydrogen-bond donors (Lipinski definition) is 1. The number of halogens is 1. The van der Waals surface area contributed by atoms with Crippen molar-refractivity contribution in [1.29, 1.82) is 0 Å². The highest BCUT2D eigenvalue weighted by molar-refractivity contribution is 5.97. The first kappa shape index (κ1) is 21.0. The minimum atomic E-state index is -0.603. The summed E-state index contributed by atoms with van der Waals surface area (Å²) in [4.78, 5) is 29.7. The molecule has 2 aromatic carbocycles. The van der Waals surface area contributed by atoms with E-state index >= 15 is 0 Å². The Morgan fingerprint density at radius 2 is 1.59 bits per heavy atom. The molecule has 0 aromatic heterocycles. The highest BCUT2D eigenvalue weighted by Gasteiger charge is 2.30. The molecule has 6 heteroatoms. The van der Waals surface area contributed by atoms with Crippen molar-refractivity contribution in [1.82, 2.24) is 15.1 Å². The van der Waals surface area contributed by atoms with E-state index in [1.165, 1.54) is 29.8 Å². The van der Waals surface area contributed by atoms with Gasteiger partial charge in [-0.3, -0.25) is 14.5 Å². The molecular formula is C23H28FN3O2. The highest BCUT2D eigenvalue weighted by atomic mass is 19.1. The fourth-order valence-electron chi connectivity index (χ4n) is 3.50. The van der Waals surface area contributed by atoms with Crippen LogP contribution in [0.25, 0.3) is 0 Å². The minimum Gasteiger partial charge on any atom is -0.340 e. The van der Waals surface area contributed by atoms with Crippen molar-refractivity contribution >= 4 is 11.8 Å². The smallest absolute Gasteiger partial charge is 0.251 e. The van der Waals surface area contributed by atoms with Crippen molar-refractivity contribution in [3.05, 3.63) is 71.5 Å². The van der Waals surface area contributed by atoms with Crippen molar-refractivity contribution in [3.63, 3.8) is 0 Å². The maximum absolute atomic E-state index is 13.1. The number of carbonyl (C=O) groups is 2. The molecule has 154 valence electrons. The first-order valence-electron chi connectivity index (χ1n) is 10.1. The van der Waals surface area contributed by atoms with E-state index in [0.29, 0.717) is 18.7 Å². The maximum Gasteiger partial charge on any atom is 0.251 e. The Balaban J connectivity index is 1.57. The van der Waals surface area contributed by atoms with Crippen LogP contribution in [0.2, 0.25) is 0 Å². The molecule has 1 N–H and O–H groups in total. The van der Waals surface area contributed by atoms with Crippen LogP contribution in [0.3, 0.4) is 0 Å². The number of benzene rings is 2. The molecule has 0 aliphatic carbocycles. The Kier molecular flexibility index (Phi) is 6.99. The van der Waals surface area contributed by atoms with E-state index in [0.717, 1.165) is 19.6 Å². The van der Waals surface area contributed by atoms with Gasteiger partial charge in [-0.25, -0.2) is 4.39 Å². The standard InChI is InChI=1S/C23H28FN3O2/c1-17(2)21(25-22(28)19-8-10-20(24)11-9-19)23(29)27-14-12-26(13-15-27)16-18-6-4-3-5-7-18/h3-11,17,21H,12-16H2,1-2H3,(H,25,28). The number of hydrogen-bond acceptors (Lipinski definition) is 3. The molecule has 1 saturated heterocycles. The van der Waals surface area contributed by atoms with Crippen LogP contribution in [-0.4, -0.2) is 53.8 Å². The third-order valence-corrected chi connectivity index (χ3v) is 5.26. The highest BCUT2D eigenvalue weighted by Crippen LogP contribution is 2.13. The second-order valence-electron chi connectivity index (χ2n) is 7.79. The molecule has 29 heavy (non-hydrogen) atoms. The van der Waals surface area contributed by atoms with E-state index < -0.39 is 11.9 Å². The molecular weight excluding hydrogens is 369 g/mol. The van der Waals surface area contributed by atoms with Crippen molar-refractivity contribution in [2.45, 2.75) is 26.4 Å². The predicted molar refractivity (Wildman–Crippen MR) is 111 cm³/mol. The molecule has 1 heterocycles. The third-order valence-electron chi connectivity index (χ3n) is 5.26. The monoisotopic (exact) mass is 397 g/mol. The largest absolute Gasteiger partial charge is 0.340 e. The topological polar surface area (TPSA) is 52.7 Å². The summed E-state index contributed by atoms with van der Waals surface area (Å²) >= 11 is 0. The molecule has 1 fully saturated rings. The van der Waals surface area contributed by atoms with Gasteiger partial charge in [0.1, 0.15) is 11.9 Å². The quantitative estimate of drug-likeness (QED) is 0.816. The summed E-state index contributed by atoms with van der Waals surface area (Å²) < 4.78 is 13.1. The lowest BCUT2D eigenvalue weighted by Gasteiger charge is -2.37. The second kappa shape index (κ2) is 9.65. The van der Waals surface area contributed by atoms with Gasteiger partial charge in [0.25, 0.3) is 5.91 Å². The van der Waals surface area contributed by atoms with Gasteiger partial charge in [0.2, 0.25) is 5.91 Å². The number of carbonyl (C=O) groups excluding carboxylic acids is 2. The summed E-state index contributed by atoms with van der Waals surface area (Å²) in [5.41, 5.74) is 1.61. The van der Waals surface area contributed by atoms with Gasteiger partial charge in [-0.05, 0) is 35.7 Å². The number of nitrogens with zero attached hydrogens (tertiary/aromatic N) is 2. The normalized spacial score (nSPS) is 15.9. The van der Waals surface area contributed by atoms with Gasteiger partial charge in [0.05, 0.1) is 0 Å². The zero-order valence-electron chi connectivity index (χ0n) is 17.0. The van der Waals surface area contributed by atoms with Gasteiger partial charge >= 0.3 is 0 Å². The number of nitrogens with one attached hydrogen (secondary N) is 1. The van der Waals surface area contributed by atoms with Crippen LogP contribution in [0.4, 0.5) is 4.39 Å². The van der Waals surface area contributed by atoms with Crippen LogP contribution in [0.15, 0.2) is 54.6 Å². The summed E-state index contributed by atoms with van der Waals surface area (Å²) in [6.07, 6.45) is 0. The molecule has 2 amide bonds. The van der Waals surface area contributed by atoms with Crippen LogP contribution >= 0.6 is 0 Å². The minimum absolute atomic E-state index is 0.0470. The molecule has 1 unspecified atom stereocenters. The van der Waals surface area contributed by atoms with Gasteiger partial charge in [0, 0.05) is 38.3 Å². The SMILES string of the molecule is CC(C)C(NC(=O)c1ccc(F)cc1)C(=O)N1CCN(Cc2ccccc2)CC1. The lowest BCUT2D eigenvalue weighted by Crippen LogP contribution is -2.56. The molecule has 5 nitrogen and oxygen atoms in total. The van der Waals surface area contributed by atoms with Gasteiger partial charge in [0.15, 0.2) is 0 Å². The molecule has 3 rings (SSSR count). The molecule has 0 bridgehead atoms. The summed E-state index contributed by atoms with van der Waals surface area (Å²) in [5, 5.41) is 2.83. The summed E-state index contributed by atoms with van der Waals surface area (Å²) in [7, 11) is 0. The van der Waals surface area contributed by atoms with Gasteiger partial charge in [-0.1, -0.05) is 44.2 Å². The Hall–Kier alpha value is -2.73. The van der Waals surface area contributed by atoms with Crippen molar-refractivity contribution in [3.8, 4) is 0 Å². The van der Waals surface area contributed by atoms with Crippen molar-refractivity contribution in [2.24, 2.45) is 5.92 Å². The fourth-order valence-corrected chi connectivity index (χ4v) is 3.50. The Labute approximate surface area is 171 Å². The average Bonchev–Trinajstić information content (AvgIpc) is 2.73. The maximum atomic E-state index is 13.1. The summed E-state index contributed by atoms with van der Waals surface area (Å²) in [6, 6.07) is 15.0. The van der Waals surface area contributed by atoms with E-state index in [1.54, 1.807) is 0 Å². The lowest BCUT2D eigenvalue weighted by molar-refractivity contribution is -0.136. The van der Waals surface area contributed by atoms with Crippen LogP contribution in [0.1, 0.15) is 29.8 Å². The summed E-state index contributed by atoms with van der Waals surface area (Å²) in [5.74, 6) is -0.866. The molecule has 0 radical (unpaired) electrons. The summed E-state index contributed by atoms with van der Waals surface area (Å²) in [6.45, 7) is 7.59. The van der Waals surface area contributed by atoms with Gasteiger partial charge < -0.3 is 10.2 Å². The zero-order chi connectivity index (χ0) is 20.8.